The molecular weight excluding hydrogens is 188 g/mol. The topological polar surface area (TPSA) is 34.1 Å². The van der Waals surface area contributed by atoms with Crippen LogP contribution in [0.4, 0.5) is 0 Å². The Bertz CT molecular complexity index is 284. The highest BCUT2D eigenvalue weighted by molar-refractivity contribution is 5.83. The van der Waals surface area contributed by atoms with Gasteiger partial charge in [0.1, 0.15) is 12.1 Å². The number of aldehydes is 1. The van der Waals surface area contributed by atoms with Crippen LogP contribution in [-0.4, -0.2) is 12.1 Å². The van der Waals surface area contributed by atoms with Crippen molar-refractivity contribution in [1.29, 1.82) is 0 Å². The SMILES string of the molecule is C[C@@H](C=O)[C@H]1CC[C@H]2C(=O)CCC[C@@]12C. The van der Waals surface area contributed by atoms with Crippen LogP contribution in [-0.2, 0) is 9.59 Å². The summed E-state index contributed by atoms with van der Waals surface area (Å²) in [7, 11) is 0. The van der Waals surface area contributed by atoms with Gasteiger partial charge in [-0.1, -0.05) is 13.8 Å². The summed E-state index contributed by atoms with van der Waals surface area (Å²) in [4.78, 5) is 22.8. The van der Waals surface area contributed by atoms with Crippen LogP contribution in [0, 0.1) is 23.2 Å². The van der Waals surface area contributed by atoms with E-state index in [1.807, 2.05) is 6.92 Å². The van der Waals surface area contributed by atoms with Crippen molar-refractivity contribution in [1.82, 2.24) is 0 Å². The molecule has 4 atom stereocenters. The van der Waals surface area contributed by atoms with E-state index in [0.29, 0.717) is 11.7 Å². The van der Waals surface area contributed by atoms with Crippen LogP contribution in [0.1, 0.15) is 46.0 Å². The normalized spacial score (nSPS) is 42.4. The number of rotatable bonds is 2. The zero-order valence-electron chi connectivity index (χ0n) is 9.66. The number of ketones is 1. The fraction of sp³-hybridized carbons (Fsp3) is 0.846. The van der Waals surface area contributed by atoms with Crippen LogP contribution in [0.5, 0.6) is 0 Å². The number of fused-ring (bicyclic) bond motifs is 1. The predicted molar refractivity (Wildman–Crippen MR) is 58.4 cm³/mol. The summed E-state index contributed by atoms with van der Waals surface area (Å²) >= 11 is 0. The van der Waals surface area contributed by atoms with E-state index in [4.69, 9.17) is 0 Å². The minimum atomic E-state index is 0.117. The Morgan fingerprint density at radius 3 is 2.87 bits per heavy atom. The Morgan fingerprint density at radius 1 is 1.47 bits per heavy atom. The van der Waals surface area contributed by atoms with E-state index in [1.54, 1.807) is 0 Å². The van der Waals surface area contributed by atoms with Gasteiger partial charge in [0.15, 0.2) is 0 Å². The van der Waals surface area contributed by atoms with Gasteiger partial charge in [0, 0.05) is 18.3 Å². The van der Waals surface area contributed by atoms with Crippen molar-refractivity contribution in [3.05, 3.63) is 0 Å². The molecule has 2 heteroatoms. The fourth-order valence-electron chi connectivity index (χ4n) is 3.93. The molecule has 0 spiro atoms. The lowest BCUT2D eigenvalue weighted by Gasteiger charge is -2.41. The second kappa shape index (κ2) is 3.73. The average molecular weight is 208 g/mol. The van der Waals surface area contributed by atoms with Crippen LogP contribution in [0.3, 0.4) is 0 Å². The molecule has 84 valence electrons. The largest absolute Gasteiger partial charge is 0.303 e. The molecule has 2 aliphatic carbocycles. The highest BCUT2D eigenvalue weighted by Crippen LogP contribution is 2.56. The van der Waals surface area contributed by atoms with Crippen molar-refractivity contribution in [2.24, 2.45) is 23.2 Å². The van der Waals surface area contributed by atoms with Crippen LogP contribution < -0.4 is 0 Å². The maximum absolute atomic E-state index is 11.8. The molecule has 2 rings (SSSR count). The van der Waals surface area contributed by atoms with Gasteiger partial charge in [0.05, 0.1) is 0 Å². The van der Waals surface area contributed by atoms with Crippen molar-refractivity contribution >= 4 is 12.1 Å². The number of carbonyl (C=O) groups is 2. The van der Waals surface area contributed by atoms with Gasteiger partial charge in [-0.3, -0.25) is 4.79 Å². The molecule has 15 heavy (non-hydrogen) atoms. The third-order valence-electron chi connectivity index (χ3n) is 4.79. The van der Waals surface area contributed by atoms with Gasteiger partial charge in [-0.15, -0.1) is 0 Å². The molecule has 0 aromatic heterocycles. The predicted octanol–water partition coefficient (Wildman–Crippen LogP) is 2.61. The Kier molecular flexibility index (Phi) is 2.70. The van der Waals surface area contributed by atoms with E-state index in [-0.39, 0.29) is 17.3 Å². The van der Waals surface area contributed by atoms with Gasteiger partial charge in [-0.2, -0.15) is 0 Å². The standard InChI is InChI=1S/C13H20O2/c1-9(8-14)10-5-6-11-12(15)4-3-7-13(10,11)2/h8-11H,3-7H2,1-2H3/t9-,10+,11-,13-/m0/s1. The highest BCUT2D eigenvalue weighted by Gasteiger charge is 2.52. The molecule has 0 amide bonds. The molecule has 0 heterocycles. The van der Waals surface area contributed by atoms with Gasteiger partial charge in [0.25, 0.3) is 0 Å². The average Bonchev–Trinajstić information content (AvgIpc) is 2.56. The van der Waals surface area contributed by atoms with Crippen LogP contribution >= 0.6 is 0 Å². The molecular formula is C13H20O2. The van der Waals surface area contributed by atoms with Crippen molar-refractivity contribution < 1.29 is 9.59 Å². The van der Waals surface area contributed by atoms with Crippen LogP contribution in [0.15, 0.2) is 0 Å². The summed E-state index contributed by atoms with van der Waals surface area (Å²) < 4.78 is 0. The van der Waals surface area contributed by atoms with Gasteiger partial charge in [-0.05, 0) is 37.0 Å². The van der Waals surface area contributed by atoms with E-state index >= 15 is 0 Å². The minimum Gasteiger partial charge on any atom is -0.303 e. The second-order valence-corrected chi connectivity index (χ2v) is 5.56. The van der Waals surface area contributed by atoms with Gasteiger partial charge < -0.3 is 4.79 Å². The van der Waals surface area contributed by atoms with Crippen molar-refractivity contribution in [2.75, 3.05) is 0 Å². The van der Waals surface area contributed by atoms with E-state index in [2.05, 4.69) is 6.92 Å². The number of carbonyl (C=O) groups excluding carboxylic acids is 2. The van der Waals surface area contributed by atoms with Crippen LogP contribution in [0.2, 0.25) is 0 Å². The molecule has 2 nitrogen and oxygen atoms in total. The van der Waals surface area contributed by atoms with E-state index in [9.17, 15) is 9.59 Å². The molecule has 0 unspecified atom stereocenters. The second-order valence-electron chi connectivity index (χ2n) is 5.56. The molecule has 0 radical (unpaired) electrons. The number of hydrogen-bond donors (Lipinski definition) is 0. The first-order chi connectivity index (χ1) is 7.09. The van der Waals surface area contributed by atoms with Gasteiger partial charge in [0.2, 0.25) is 0 Å². The van der Waals surface area contributed by atoms with Gasteiger partial charge >= 0.3 is 0 Å². The monoisotopic (exact) mass is 208 g/mol. The molecule has 2 fully saturated rings. The maximum Gasteiger partial charge on any atom is 0.136 e. The molecule has 0 aliphatic heterocycles. The van der Waals surface area contributed by atoms with Crippen LogP contribution in [0.25, 0.3) is 0 Å². The lowest BCUT2D eigenvalue weighted by molar-refractivity contribution is -0.131. The summed E-state index contributed by atoms with van der Waals surface area (Å²) in [5.74, 6) is 1.25. The lowest BCUT2D eigenvalue weighted by atomic mass is 9.62. The number of Topliss-reactive ketones (excluding diaryl/α,β-unsaturated/α-hetero) is 1. The first-order valence-corrected chi connectivity index (χ1v) is 6.07. The Balaban J connectivity index is 2.24. The molecule has 2 saturated carbocycles. The molecule has 2 aliphatic rings. The third kappa shape index (κ3) is 1.54. The molecule has 0 N–H and O–H groups in total. The first-order valence-electron chi connectivity index (χ1n) is 6.07. The van der Waals surface area contributed by atoms with E-state index in [0.717, 1.165) is 38.4 Å². The quantitative estimate of drug-likeness (QED) is 0.654. The minimum absolute atomic E-state index is 0.117. The highest BCUT2D eigenvalue weighted by atomic mass is 16.1. The summed E-state index contributed by atoms with van der Waals surface area (Å²) in [6.07, 6.45) is 6.06. The number of hydrogen-bond acceptors (Lipinski definition) is 2. The summed E-state index contributed by atoms with van der Waals surface area (Å²) in [5, 5.41) is 0. The zero-order valence-corrected chi connectivity index (χ0v) is 9.66. The molecule has 0 bridgehead atoms. The summed E-state index contributed by atoms with van der Waals surface area (Å²) in [5.41, 5.74) is 0.121. The molecule has 0 aromatic rings. The third-order valence-corrected chi connectivity index (χ3v) is 4.79. The Labute approximate surface area is 91.4 Å². The fourth-order valence-corrected chi connectivity index (χ4v) is 3.93. The first kappa shape index (κ1) is 10.8. The Morgan fingerprint density at radius 2 is 2.20 bits per heavy atom. The van der Waals surface area contributed by atoms with E-state index < -0.39 is 0 Å². The lowest BCUT2D eigenvalue weighted by Crippen LogP contribution is -2.39. The summed E-state index contributed by atoms with van der Waals surface area (Å²) in [6, 6.07) is 0. The summed E-state index contributed by atoms with van der Waals surface area (Å²) in [6.45, 7) is 4.23. The maximum atomic E-state index is 11.8. The van der Waals surface area contributed by atoms with Crippen molar-refractivity contribution in [3.63, 3.8) is 0 Å². The van der Waals surface area contributed by atoms with Crippen molar-refractivity contribution in [3.8, 4) is 0 Å². The van der Waals surface area contributed by atoms with E-state index in [1.165, 1.54) is 0 Å². The smallest absolute Gasteiger partial charge is 0.136 e. The van der Waals surface area contributed by atoms with Crippen molar-refractivity contribution in [2.45, 2.75) is 46.0 Å². The van der Waals surface area contributed by atoms with Gasteiger partial charge in [-0.25, -0.2) is 0 Å². The Hall–Kier alpha value is -0.660. The zero-order chi connectivity index (χ0) is 11.1. The molecule has 0 aromatic carbocycles. The molecule has 0 saturated heterocycles.